The number of amides is 2. The number of hydrogen-bond acceptors (Lipinski definition) is 3. The molecule has 0 spiro atoms. The number of benzene rings is 2. The van der Waals surface area contributed by atoms with Crippen LogP contribution in [0.1, 0.15) is 12.8 Å². The summed E-state index contributed by atoms with van der Waals surface area (Å²) in [7, 11) is 0. The molecule has 0 atom stereocenters. The Labute approximate surface area is 162 Å². The standard InChI is InChI=1S/C20H22ClN5O/c21-17-13-18-16(12-15(17)14-6-2-1-3-7-14)19(25-24-18)23-20(27)22-8-4-9-26-10-5-11-26/h1-3,6-7,12-13H,4-5,8-11H2,(H3,22,23,24,25,27). The number of likely N-dealkylation sites (tertiary alicyclic amines) is 1. The summed E-state index contributed by atoms with van der Waals surface area (Å²) in [6.07, 6.45) is 2.23. The van der Waals surface area contributed by atoms with Crippen LogP contribution in [0.3, 0.4) is 0 Å². The third kappa shape index (κ3) is 4.07. The second-order valence-corrected chi connectivity index (χ2v) is 7.15. The topological polar surface area (TPSA) is 73.1 Å². The van der Waals surface area contributed by atoms with E-state index in [9.17, 15) is 4.79 Å². The van der Waals surface area contributed by atoms with Gasteiger partial charge in [0.05, 0.1) is 10.5 Å². The Kier molecular flexibility index (Phi) is 5.27. The molecule has 0 radical (unpaired) electrons. The molecule has 2 amide bonds. The molecule has 1 fully saturated rings. The third-order valence-corrected chi connectivity index (χ3v) is 5.17. The maximum absolute atomic E-state index is 12.2. The maximum atomic E-state index is 12.2. The summed E-state index contributed by atoms with van der Waals surface area (Å²) in [6.45, 7) is 4.03. The van der Waals surface area contributed by atoms with Crippen LogP contribution < -0.4 is 10.6 Å². The van der Waals surface area contributed by atoms with Crippen LogP contribution in [0.25, 0.3) is 22.0 Å². The Morgan fingerprint density at radius 1 is 1.22 bits per heavy atom. The number of carbonyl (C=O) groups excluding carboxylic acids is 1. The highest BCUT2D eigenvalue weighted by molar-refractivity contribution is 6.34. The average Bonchev–Trinajstić information content (AvgIpc) is 3.01. The molecule has 3 N–H and O–H groups in total. The van der Waals surface area contributed by atoms with Gasteiger partial charge in [0.15, 0.2) is 5.82 Å². The van der Waals surface area contributed by atoms with Crippen LogP contribution in [0.5, 0.6) is 0 Å². The Bertz CT molecular complexity index is 936. The Hall–Kier alpha value is -2.57. The molecule has 6 nitrogen and oxygen atoms in total. The monoisotopic (exact) mass is 383 g/mol. The summed E-state index contributed by atoms with van der Waals surface area (Å²) in [5.74, 6) is 0.499. The van der Waals surface area contributed by atoms with Crippen molar-refractivity contribution in [1.82, 2.24) is 20.4 Å². The van der Waals surface area contributed by atoms with Crippen LogP contribution in [0.4, 0.5) is 10.6 Å². The minimum Gasteiger partial charge on any atom is -0.338 e. The number of aromatic amines is 1. The van der Waals surface area contributed by atoms with Gasteiger partial charge in [-0.1, -0.05) is 41.9 Å². The number of aromatic nitrogens is 2. The van der Waals surface area contributed by atoms with Gasteiger partial charge in [-0.15, -0.1) is 0 Å². The van der Waals surface area contributed by atoms with Crippen molar-refractivity contribution in [2.24, 2.45) is 0 Å². The van der Waals surface area contributed by atoms with Crippen molar-refractivity contribution in [3.8, 4) is 11.1 Å². The van der Waals surface area contributed by atoms with Crippen molar-refractivity contribution in [3.63, 3.8) is 0 Å². The summed E-state index contributed by atoms with van der Waals surface area (Å²) >= 11 is 6.43. The molecule has 0 unspecified atom stereocenters. The van der Waals surface area contributed by atoms with Gasteiger partial charge >= 0.3 is 6.03 Å². The predicted molar refractivity (Wildman–Crippen MR) is 109 cm³/mol. The molecule has 1 aliphatic heterocycles. The largest absolute Gasteiger partial charge is 0.338 e. The number of H-pyrrole nitrogens is 1. The summed E-state index contributed by atoms with van der Waals surface area (Å²) in [4.78, 5) is 14.6. The number of carbonyl (C=O) groups is 1. The van der Waals surface area contributed by atoms with E-state index in [2.05, 4.69) is 25.7 Å². The van der Waals surface area contributed by atoms with Gasteiger partial charge in [0.1, 0.15) is 0 Å². The van der Waals surface area contributed by atoms with Crippen molar-refractivity contribution >= 4 is 34.4 Å². The fraction of sp³-hybridized carbons (Fsp3) is 0.300. The maximum Gasteiger partial charge on any atom is 0.320 e. The van der Waals surface area contributed by atoms with E-state index in [0.717, 1.165) is 35.0 Å². The van der Waals surface area contributed by atoms with E-state index in [1.807, 2.05) is 42.5 Å². The van der Waals surface area contributed by atoms with E-state index in [4.69, 9.17) is 11.6 Å². The van der Waals surface area contributed by atoms with Gasteiger partial charge in [0, 0.05) is 17.5 Å². The second-order valence-electron chi connectivity index (χ2n) is 6.75. The van der Waals surface area contributed by atoms with E-state index < -0.39 is 0 Å². The van der Waals surface area contributed by atoms with E-state index in [1.165, 1.54) is 19.5 Å². The molecule has 7 heteroatoms. The Balaban J connectivity index is 1.44. The zero-order valence-electron chi connectivity index (χ0n) is 15.0. The van der Waals surface area contributed by atoms with E-state index in [0.29, 0.717) is 17.4 Å². The van der Waals surface area contributed by atoms with Crippen LogP contribution in [-0.2, 0) is 0 Å². The number of anilines is 1. The number of fused-ring (bicyclic) bond motifs is 1. The molecule has 2 aromatic carbocycles. The van der Waals surface area contributed by atoms with E-state index in [1.54, 1.807) is 0 Å². The van der Waals surface area contributed by atoms with Gasteiger partial charge in [0.25, 0.3) is 0 Å². The minimum absolute atomic E-state index is 0.247. The highest BCUT2D eigenvalue weighted by atomic mass is 35.5. The second kappa shape index (κ2) is 7.98. The van der Waals surface area contributed by atoms with Gasteiger partial charge < -0.3 is 10.2 Å². The van der Waals surface area contributed by atoms with Crippen molar-refractivity contribution in [1.29, 1.82) is 0 Å². The number of rotatable bonds is 6. The molecule has 27 heavy (non-hydrogen) atoms. The molecule has 1 aliphatic rings. The first-order valence-electron chi connectivity index (χ1n) is 9.21. The van der Waals surface area contributed by atoms with Crippen molar-refractivity contribution < 1.29 is 4.79 Å². The predicted octanol–water partition coefficient (Wildman–Crippen LogP) is 4.10. The minimum atomic E-state index is -0.247. The third-order valence-electron chi connectivity index (χ3n) is 4.85. The smallest absolute Gasteiger partial charge is 0.320 e. The van der Waals surface area contributed by atoms with E-state index in [-0.39, 0.29) is 6.03 Å². The van der Waals surface area contributed by atoms with Gasteiger partial charge in [-0.05, 0) is 50.2 Å². The molecular weight excluding hydrogens is 362 g/mol. The Morgan fingerprint density at radius 3 is 2.78 bits per heavy atom. The van der Waals surface area contributed by atoms with Gasteiger partial charge in [0.2, 0.25) is 0 Å². The lowest BCUT2D eigenvalue weighted by molar-refractivity contribution is 0.179. The molecule has 4 rings (SSSR count). The van der Waals surface area contributed by atoms with Crippen LogP contribution in [0.2, 0.25) is 5.02 Å². The highest BCUT2D eigenvalue weighted by Gasteiger charge is 2.14. The SMILES string of the molecule is O=C(NCCCN1CCC1)Nc1n[nH]c2cc(Cl)c(-c3ccccc3)cc12. The van der Waals surface area contributed by atoms with Crippen LogP contribution in [0.15, 0.2) is 42.5 Å². The molecule has 0 saturated carbocycles. The first-order chi connectivity index (χ1) is 13.2. The van der Waals surface area contributed by atoms with Crippen molar-refractivity contribution in [2.45, 2.75) is 12.8 Å². The zero-order valence-corrected chi connectivity index (χ0v) is 15.7. The first-order valence-corrected chi connectivity index (χ1v) is 9.59. The number of urea groups is 1. The molecule has 0 bridgehead atoms. The average molecular weight is 384 g/mol. The molecular formula is C20H22ClN5O. The number of halogens is 1. The molecule has 1 saturated heterocycles. The highest BCUT2D eigenvalue weighted by Crippen LogP contribution is 2.33. The summed E-state index contributed by atoms with van der Waals surface area (Å²) in [6, 6.07) is 13.5. The van der Waals surface area contributed by atoms with Gasteiger partial charge in [-0.2, -0.15) is 5.10 Å². The van der Waals surface area contributed by atoms with Gasteiger partial charge in [-0.3, -0.25) is 10.4 Å². The van der Waals surface area contributed by atoms with Crippen LogP contribution in [0, 0.1) is 0 Å². The number of hydrogen-bond donors (Lipinski definition) is 3. The molecule has 140 valence electrons. The molecule has 2 heterocycles. The fourth-order valence-electron chi connectivity index (χ4n) is 3.23. The normalized spacial score (nSPS) is 14.1. The van der Waals surface area contributed by atoms with Crippen LogP contribution >= 0.6 is 11.6 Å². The number of nitrogens with one attached hydrogen (secondary N) is 3. The van der Waals surface area contributed by atoms with Gasteiger partial charge in [-0.25, -0.2) is 4.79 Å². The molecule has 1 aromatic heterocycles. The lowest BCUT2D eigenvalue weighted by Gasteiger charge is -2.30. The number of nitrogens with zero attached hydrogens (tertiary/aromatic N) is 2. The van der Waals surface area contributed by atoms with E-state index >= 15 is 0 Å². The van der Waals surface area contributed by atoms with Crippen molar-refractivity contribution in [3.05, 3.63) is 47.5 Å². The summed E-state index contributed by atoms with van der Waals surface area (Å²) < 4.78 is 0. The zero-order chi connectivity index (χ0) is 18.6. The lowest BCUT2D eigenvalue weighted by atomic mass is 10.0. The summed E-state index contributed by atoms with van der Waals surface area (Å²) in [5.41, 5.74) is 2.71. The lowest BCUT2D eigenvalue weighted by Crippen LogP contribution is -2.39. The quantitative estimate of drug-likeness (QED) is 0.561. The fourth-order valence-corrected chi connectivity index (χ4v) is 3.51. The molecule has 3 aromatic rings. The van der Waals surface area contributed by atoms with Crippen molar-refractivity contribution in [2.75, 3.05) is 31.5 Å². The Morgan fingerprint density at radius 2 is 2.04 bits per heavy atom. The van der Waals surface area contributed by atoms with Crippen LogP contribution in [-0.4, -0.2) is 47.3 Å². The summed E-state index contributed by atoms with van der Waals surface area (Å²) in [5, 5.41) is 14.3. The first kappa shape index (κ1) is 17.8. The molecule has 0 aliphatic carbocycles.